The van der Waals surface area contributed by atoms with Crippen molar-refractivity contribution in [1.29, 1.82) is 0 Å². The van der Waals surface area contributed by atoms with Crippen molar-refractivity contribution in [2.75, 3.05) is 0 Å². The van der Waals surface area contributed by atoms with Crippen molar-refractivity contribution in [2.24, 2.45) is 5.92 Å². The van der Waals surface area contributed by atoms with E-state index in [1.807, 2.05) is 0 Å². The molecule has 1 saturated carbocycles. The SMILES string of the molecule is CCC1(c2nc(CC(C)C)c(C(=O)O)o2)CCCC1. The third-order valence-corrected chi connectivity index (χ3v) is 4.18. The monoisotopic (exact) mass is 265 g/mol. The van der Waals surface area contributed by atoms with Crippen LogP contribution in [0.3, 0.4) is 0 Å². The molecule has 0 radical (unpaired) electrons. The Morgan fingerprint density at radius 2 is 2.05 bits per heavy atom. The largest absolute Gasteiger partial charge is 0.475 e. The van der Waals surface area contributed by atoms with E-state index >= 15 is 0 Å². The highest BCUT2D eigenvalue weighted by Crippen LogP contribution is 2.43. The van der Waals surface area contributed by atoms with Gasteiger partial charge in [-0.2, -0.15) is 0 Å². The normalized spacial score (nSPS) is 18.1. The molecule has 1 heterocycles. The Balaban J connectivity index is 2.39. The minimum atomic E-state index is -1.00. The molecule has 1 aliphatic carbocycles. The number of hydrogen-bond donors (Lipinski definition) is 1. The lowest BCUT2D eigenvalue weighted by Gasteiger charge is -2.22. The Morgan fingerprint density at radius 1 is 1.42 bits per heavy atom. The first-order chi connectivity index (χ1) is 8.98. The van der Waals surface area contributed by atoms with E-state index in [9.17, 15) is 9.90 Å². The fourth-order valence-electron chi connectivity index (χ4n) is 3.04. The van der Waals surface area contributed by atoms with Gasteiger partial charge in [0, 0.05) is 5.41 Å². The van der Waals surface area contributed by atoms with Gasteiger partial charge in [-0.05, 0) is 31.6 Å². The summed E-state index contributed by atoms with van der Waals surface area (Å²) in [6, 6.07) is 0. The molecule has 1 aromatic rings. The van der Waals surface area contributed by atoms with Gasteiger partial charge in [0.15, 0.2) is 0 Å². The molecule has 0 spiro atoms. The summed E-state index contributed by atoms with van der Waals surface area (Å²) < 4.78 is 5.64. The maximum Gasteiger partial charge on any atom is 0.373 e. The Bertz CT molecular complexity index is 456. The molecule has 0 bridgehead atoms. The fourth-order valence-corrected chi connectivity index (χ4v) is 3.04. The van der Waals surface area contributed by atoms with Gasteiger partial charge in [0.25, 0.3) is 0 Å². The van der Waals surface area contributed by atoms with E-state index in [1.54, 1.807) is 0 Å². The molecule has 0 amide bonds. The van der Waals surface area contributed by atoms with Gasteiger partial charge in [-0.25, -0.2) is 9.78 Å². The minimum absolute atomic E-state index is 0.0283. The topological polar surface area (TPSA) is 63.3 Å². The third-order valence-electron chi connectivity index (χ3n) is 4.18. The number of carboxylic acid groups (broad SMARTS) is 1. The van der Waals surface area contributed by atoms with Crippen LogP contribution in [0, 0.1) is 5.92 Å². The van der Waals surface area contributed by atoms with E-state index in [0.29, 0.717) is 23.9 Å². The molecule has 106 valence electrons. The lowest BCUT2D eigenvalue weighted by Crippen LogP contribution is -2.21. The van der Waals surface area contributed by atoms with E-state index in [2.05, 4.69) is 25.8 Å². The summed E-state index contributed by atoms with van der Waals surface area (Å²) in [5, 5.41) is 9.26. The van der Waals surface area contributed by atoms with Crippen LogP contribution in [0.25, 0.3) is 0 Å². The molecule has 4 nitrogen and oxygen atoms in total. The number of aromatic nitrogens is 1. The molecule has 0 aromatic carbocycles. The summed E-state index contributed by atoms with van der Waals surface area (Å²) >= 11 is 0. The molecule has 0 unspecified atom stereocenters. The molecule has 1 N–H and O–H groups in total. The van der Waals surface area contributed by atoms with Crippen molar-refractivity contribution < 1.29 is 14.3 Å². The van der Waals surface area contributed by atoms with E-state index in [-0.39, 0.29) is 11.2 Å². The minimum Gasteiger partial charge on any atom is -0.475 e. The second-order valence-corrected chi connectivity index (χ2v) is 6.04. The van der Waals surface area contributed by atoms with Crippen molar-refractivity contribution in [3.05, 3.63) is 17.3 Å². The van der Waals surface area contributed by atoms with Gasteiger partial charge in [0.1, 0.15) is 0 Å². The smallest absolute Gasteiger partial charge is 0.373 e. The van der Waals surface area contributed by atoms with Gasteiger partial charge in [0.2, 0.25) is 11.7 Å². The van der Waals surface area contributed by atoms with Gasteiger partial charge in [-0.3, -0.25) is 0 Å². The average molecular weight is 265 g/mol. The van der Waals surface area contributed by atoms with E-state index in [1.165, 1.54) is 12.8 Å². The quantitative estimate of drug-likeness (QED) is 0.879. The molecule has 1 fully saturated rings. The van der Waals surface area contributed by atoms with Crippen LogP contribution in [0.2, 0.25) is 0 Å². The molecule has 1 aliphatic rings. The van der Waals surface area contributed by atoms with Crippen LogP contribution >= 0.6 is 0 Å². The predicted octanol–water partition coefficient (Wildman–Crippen LogP) is 3.79. The molecule has 1 aromatic heterocycles. The first-order valence-corrected chi connectivity index (χ1v) is 7.22. The molecule has 4 heteroatoms. The van der Waals surface area contributed by atoms with E-state index in [4.69, 9.17) is 4.42 Å². The van der Waals surface area contributed by atoms with Gasteiger partial charge in [-0.15, -0.1) is 0 Å². The number of rotatable bonds is 5. The summed E-state index contributed by atoms with van der Waals surface area (Å²) in [5.41, 5.74) is 0.580. The van der Waals surface area contributed by atoms with Gasteiger partial charge in [-0.1, -0.05) is 33.6 Å². The van der Waals surface area contributed by atoms with Gasteiger partial charge >= 0.3 is 5.97 Å². The average Bonchev–Trinajstić information content (AvgIpc) is 2.94. The summed E-state index contributed by atoms with van der Waals surface area (Å²) in [6.07, 6.45) is 6.10. The molecule has 0 aliphatic heterocycles. The second kappa shape index (κ2) is 5.35. The third kappa shape index (κ3) is 2.67. The van der Waals surface area contributed by atoms with Gasteiger partial charge in [0.05, 0.1) is 5.69 Å². The molecular weight excluding hydrogens is 242 g/mol. The van der Waals surface area contributed by atoms with Crippen LogP contribution < -0.4 is 0 Å². The van der Waals surface area contributed by atoms with Crippen LogP contribution in [-0.4, -0.2) is 16.1 Å². The summed E-state index contributed by atoms with van der Waals surface area (Å²) in [7, 11) is 0. The second-order valence-electron chi connectivity index (χ2n) is 6.04. The Kier molecular flexibility index (Phi) is 3.97. The lowest BCUT2D eigenvalue weighted by molar-refractivity contribution is 0.0655. The van der Waals surface area contributed by atoms with E-state index < -0.39 is 5.97 Å². The summed E-state index contributed by atoms with van der Waals surface area (Å²) in [6.45, 7) is 6.26. The number of carboxylic acids is 1. The number of hydrogen-bond acceptors (Lipinski definition) is 3. The van der Waals surface area contributed by atoms with Crippen molar-refractivity contribution in [2.45, 2.75) is 64.7 Å². The lowest BCUT2D eigenvalue weighted by atomic mass is 9.83. The van der Waals surface area contributed by atoms with Crippen LogP contribution in [0.15, 0.2) is 4.42 Å². The zero-order chi connectivity index (χ0) is 14.0. The zero-order valence-electron chi connectivity index (χ0n) is 12.0. The number of carbonyl (C=O) groups is 1. The molecule has 2 rings (SSSR count). The van der Waals surface area contributed by atoms with Crippen LogP contribution in [0.5, 0.6) is 0 Å². The summed E-state index contributed by atoms with van der Waals surface area (Å²) in [5.74, 6) is 0.0693. The first-order valence-electron chi connectivity index (χ1n) is 7.22. The van der Waals surface area contributed by atoms with Crippen LogP contribution in [-0.2, 0) is 11.8 Å². The van der Waals surface area contributed by atoms with Crippen molar-refractivity contribution in [3.63, 3.8) is 0 Å². The zero-order valence-corrected chi connectivity index (χ0v) is 12.0. The summed E-state index contributed by atoms with van der Waals surface area (Å²) in [4.78, 5) is 15.8. The van der Waals surface area contributed by atoms with E-state index in [0.717, 1.165) is 19.3 Å². The Labute approximate surface area is 114 Å². The van der Waals surface area contributed by atoms with Crippen molar-refractivity contribution in [3.8, 4) is 0 Å². The van der Waals surface area contributed by atoms with Crippen molar-refractivity contribution in [1.82, 2.24) is 4.98 Å². The first kappa shape index (κ1) is 14.1. The highest BCUT2D eigenvalue weighted by molar-refractivity contribution is 5.85. The fraction of sp³-hybridized carbons (Fsp3) is 0.733. The van der Waals surface area contributed by atoms with Crippen LogP contribution in [0.1, 0.15) is 75.0 Å². The molecular formula is C15H23NO3. The molecule has 0 saturated heterocycles. The number of aromatic carboxylic acids is 1. The Hall–Kier alpha value is -1.32. The highest BCUT2D eigenvalue weighted by atomic mass is 16.4. The number of oxazole rings is 1. The number of nitrogens with zero attached hydrogens (tertiary/aromatic N) is 1. The Morgan fingerprint density at radius 3 is 2.53 bits per heavy atom. The van der Waals surface area contributed by atoms with Crippen LogP contribution in [0.4, 0.5) is 0 Å². The highest BCUT2D eigenvalue weighted by Gasteiger charge is 2.39. The molecule has 0 atom stereocenters. The molecule has 19 heavy (non-hydrogen) atoms. The standard InChI is InChI=1S/C15H23NO3/c1-4-15(7-5-6-8-15)14-16-11(9-10(2)3)12(19-14)13(17)18/h10H,4-9H2,1-3H3,(H,17,18). The maximum absolute atomic E-state index is 11.3. The van der Waals surface area contributed by atoms with Gasteiger partial charge < -0.3 is 9.52 Å². The predicted molar refractivity (Wildman–Crippen MR) is 72.4 cm³/mol. The van der Waals surface area contributed by atoms with Crippen molar-refractivity contribution >= 4 is 5.97 Å². The maximum atomic E-state index is 11.3.